The average Bonchev–Trinajstić information content (AvgIpc) is 2.73. The normalized spacial score (nSPS) is 14.4. The highest BCUT2D eigenvalue weighted by atomic mass is 16.5. The maximum atomic E-state index is 11.7. The van der Waals surface area contributed by atoms with Crippen LogP contribution in [0.4, 0.5) is 0 Å². The minimum Gasteiger partial charge on any atom is -0.496 e. The molecule has 146 valence electrons. The molecule has 0 unspecified atom stereocenters. The van der Waals surface area contributed by atoms with E-state index in [9.17, 15) is 14.7 Å². The van der Waals surface area contributed by atoms with Crippen LogP contribution in [0.1, 0.15) is 23.2 Å². The van der Waals surface area contributed by atoms with Gasteiger partial charge in [0.1, 0.15) is 17.6 Å². The van der Waals surface area contributed by atoms with Crippen molar-refractivity contribution in [1.82, 2.24) is 4.90 Å². The van der Waals surface area contributed by atoms with E-state index >= 15 is 0 Å². The molecular formula is C22H23NO5. The first kappa shape index (κ1) is 19.5. The number of carbonyl (C=O) groups is 2. The van der Waals surface area contributed by atoms with Crippen molar-refractivity contribution in [3.63, 3.8) is 0 Å². The van der Waals surface area contributed by atoms with Gasteiger partial charge in [-0.3, -0.25) is 4.79 Å². The van der Waals surface area contributed by atoms with Crippen molar-refractivity contribution in [2.75, 3.05) is 20.2 Å². The summed E-state index contributed by atoms with van der Waals surface area (Å²) in [7, 11) is 1.58. The minimum absolute atomic E-state index is 0.0789. The van der Waals surface area contributed by atoms with E-state index in [0.29, 0.717) is 43.0 Å². The van der Waals surface area contributed by atoms with Crippen LogP contribution in [0.15, 0.2) is 55.1 Å². The second kappa shape index (κ2) is 8.61. The summed E-state index contributed by atoms with van der Waals surface area (Å²) in [4.78, 5) is 25.0. The molecule has 0 bridgehead atoms. The number of rotatable bonds is 6. The zero-order valence-electron chi connectivity index (χ0n) is 15.8. The molecule has 0 atom stereocenters. The largest absolute Gasteiger partial charge is 0.496 e. The summed E-state index contributed by atoms with van der Waals surface area (Å²) in [6.07, 6.45) is 2.60. The summed E-state index contributed by atoms with van der Waals surface area (Å²) in [5.74, 6) is 0.0549. The molecule has 6 heteroatoms. The lowest BCUT2D eigenvalue weighted by Crippen LogP contribution is -2.41. The molecule has 0 aromatic heterocycles. The number of amides is 1. The summed E-state index contributed by atoms with van der Waals surface area (Å²) in [5, 5.41) is 9.50. The fraction of sp³-hybridized carbons (Fsp3) is 0.273. The van der Waals surface area contributed by atoms with Crippen molar-refractivity contribution < 1.29 is 24.2 Å². The quantitative estimate of drug-likeness (QED) is 0.774. The Bertz CT molecular complexity index is 884. The number of para-hydroxylation sites is 1. The molecule has 1 saturated heterocycles. The zero-order valence-corrected chi connectivity index (χ0v) is 15.8. The van der Waals surface area contributed by atoms with Crippen LogP contribution in [0.5, 0.6) is 11.5 Å². The second-order valence-corrected chi connectivity index (χ2v) is 6.60. The zero-order chi connectivity index (χ0) is 20.1. The van der Waals surface area contributed by atoms with Gasteiger partial charge in [0, 0.05) is 31.5 Å². The van der Waals surface area contributed by atoms with E-state index in [4.69, 9.17) is 9.47 Å². The van der Waals surface area contributed by atoms with Crippen LogP contribution in [-0.2, 0) is 4.79 Å². The van der Waals surface area contributed by atoms with Gasteiger partial charge in [0.15, 0.2) is 0 Å². The van der Waals surface area contributed by atoms with E-state index in [1.54, 1.807) is 18.1 Å². The van der Waals surface area contributed by atoms with Crippen LogP contribution in [0.25, 0.3) is 11.1 Å². The van der Waals surface area contributed by atoms with Gasteiger partial charge in [-0.05, 0) is 35.9 Å². The van der Waals surface area contributed by atoms with Gasteiger partial charge in [-0.2, -0.15) is 0 Å². The Labute approximate surface area is 164 Å². The predicted octanol–water partition coefficient (Wildman–Crippen LogP) is 3.62. The highest BCUT2D eigenvalue weighted by Gasteiger charge is 2.23. The number of aromatic carboxylic acids is 1. The van der Waals surface area contributed by atoms with E-state index in [1.165, 1.54) is 12.1 Å². The molecule has 3 rings (SSSR count). The number of piperidine rings is 1. The van der Waals surface area contributed by atoms with Crippen LogP contribution in [-0.4, -0.2) is 48.2 Å². The number of hydrogen-bond donors (Lipinski definition) is 1. The molecule has 2 aromatic rings. The van der Waals surface area contributed by atoms with Crippen LogP contribution in [0, 0.1) is 0 Å². The molecule has 0 aliphatic carbocycles. The first-order valence-corrected chi connectivity index (χ1v) is 9.11. The van der Waals surface area contributed by atoms with E-state index in [1.807, 2.05) is 30.3 Å². The van der Waals surface area contributed by atoms with Crippen molar-refractivity contribution >= 4 is 11.9 Å². The molecule has 0 radical (unpaired) electrons. The molecule has 1 amide bonds. The topological polar surface area (TPSA) is 76.1 Å². The fourth-order valence-electron chi connectivity index (χ4n) is 3.34. The lowest BCUT2D eigenvalue weighted by Gasteiger charge is -2.31. The lowest BCUT2D eigenvalue weighted by atomic mass is 10.0. The fourth-order valence-corrected chi connectivity index (χ4v) is 3.34. The third kappa shape index (κ3) is 4.34. The number of hydrogen-bond acceptors (Lipinski definition) is 4. The number of carboxylic acids is 1. The Balaban J connectivity index is 1.84. The van der Waals surface area contributed by atoms with E-state index in [2.05, 4.69) is 6.58 Å². The summed E-state index contributed by atoms with van der Waals surface area (Å²) in [6, 6.07) is 12.4. The molecule has 0 saturated carbocycles. The monoisotopic (exact) mass is 381 g/mol. The van der Waals surface area contributed by atoms with Crippen molar-refractivity contribution in [3.8, 4) is 22.6 Å². The number of benzene rings is 2. The predicted molar refractivity (Wildman–Crippen MR) is 106 cm³/mol. The Morgan fingerprint density at radius 1 is 1.18 bits per heavy atom. The molecule has 2 aromatic carbocycles. The van der Waals surface area contributed by atoms with Gasteiger partial charge in [0.2, 0.25) is 5.91 Å². The van der Waals surface area contributed by atoms with Crippen LogP contribution in [0.2, 0.25) is 0 Å². The Hall–Kier alpha value is -3.28. The third-order valence-corrected chi connectivity index (χ3v) is 4.80. The van der Waals surface area contributed by atoms with Crippen molar-refractivity contribution in [2.24, 2.45) is 0 Å². The number of ether oxygens (including phenoxy) is 2. The van der Waals surface area contributed by atoms with Crippen molar-refractivity contribution in [3.05, 3.63) is 60.7 Å². The van der Waals surface area contributed by atoms with Gasteiger partial charge in [0.05, 0.1) is 12.7 Å². The standard InChI is InChI=1S/C22H23NO5/c1-3-21(24)23-10-8-17(9-11-23)28-18-13-15(12-16(14-18)22(25)26)19-6-4-5-7-20(19)27-2/h3-7,12-14,17H,1,8-11H2,2H3,(H,25,26). The molecule has 6 nitrogen and oxygen atoms in total. The van der Waals surface area contributed by atoms with Gasteiger partial charge in [-0.1, -0.05) is 24.8 Å². The summed E-state index contributed by atoms with van der Waals surface area (Å²) < 4.78 is 11.5. The average molecular weight is 381 g/mol. The van der Waals surface area contributed by atoms with Crippen molar-refractivity contribution in [2.45, 2.75) is 18.9 Å². The Kier molecular flexibility index (Phi) is 5.99. The number of methoxy groups -OCH3 is 1. The van der Waals surface area contributed by atoms with Gasteiger partial charge in [-0.15, -0.1) is 0 Å². The van der Waals surface area contributed by atoms with Crippen LogP contribution >= 0.6 is 0 Å². The summed E-state index contributed by atoms with van der Waals surface area (Å²) in [6.45, 7) is 4.69. The number of likely N-dealkylation sites (tertiary alicyclic amines) is 1. The number of carbonyl (C=O) groups excluding carboxylic acids is 1. The molecular weight excluding hydrogens is 358 g/mol. The molecule has 1 heterocycles. The van der Waals surface area contributed by atoms with Gasteiger partial charge in [0.25, 0.3) is 0 Å². The Morgan fingerprint density at radius 3 is 2.54 bits per heavy atom. The molecule has 1 N–H and O–H groups in total. The molecule has 1 aliphatic rings. The van der Waals surface area contributed by atoms with Crippen LogP contribution in [0.3, 0.4) is 0 Å². The van der Waals surface area contributed by atoms with Crippen molar-refractivity contribution in [1.29, 1.82) is 0 Å². The molecule has 1 fully saturated rings. The highest BCUT2D eigenvalue weighted by Crippen LogP contribution is 2.33. The smallest absolute Gasteiger partial charge is 0.335 e. The van der Waals surface area contributed by atoms with Crippen LogP contribution < -0.4 is 9.47 Å². The maximum absolute atomic E-state index is 11.7. The van der Waals surface area contributed by atoms with Gasteiger partial charge in [-0.25, -0.2) is 4.79 Å². The minimum atomic E-state index is -1.02. The van der Waals surface area contributed by atoms with E-state index in [0.717, 1.165) is 5.56 Å². The Morgan fingerprint density at radius 2 is 1.89 bits per heavy atom. The number of nitrogens with zero attached hydrogens (tertiary/aromatic N) is 1. The first-order valence-electron chi connectivity index (χ1n) is 9.11. The second-order valence-electron chi connectivity index (χ2n) is 6.60. The van der Waals surface area contributed by atoms with Gasteiger partial charge >= 0.3 is 5.97 Å². The van der Waals surface area contributed by atoms with E-state index < -0.39 is 5.97 Å². The van der Waals surface area contributed by atoms with Gasteiger partial charge < -0.3 is 19.5 Å². The summed E-state index contributed by atoms with van der Waals surface area (Å²) >= 11 is 0. The summed E-state index contributed by atoms with van der Waals surface area (Å²) in [5.41, 5.74) is 1.66. The maximum Gasteiger partial charge on any atom is 0.335 e. The molecule has 1 aliphatic heterocycles. The SMILES string of the molecule is C=CC(=O)N1CCC(Oc2cc(C(=O)O)cc(-c3ccccc3OC)c2)CC1. The molecule has 0 spiro atoms. The van der Waals surface area contributed by atoms with E-state index in [-0.39, 0.29) is 17.6 Å². The highest BCUT2D eigenvalue weighted by molar-refractivity contribution is 5.90. The molecule has 28 heavy (non-hydrogen) atoms. The lowest BCUT2D eigenvalue weighted by molar-refractivity contribution is -0.127. The third-order valence-electron chi connectivity index (χ3n) is 4.80. The first-order chi connectivity index (χ1) is 13.5. The number of carboxylic acid groups (broad SMARTS) is 1.